The van der Waals surface area contributed by atoms with E-state index in [1.165, 1.54) is 11.4 Å². The van der Waals surface area contributed by atoms with Crippen LogP contribution in [-0.2, 0) is 9.53 Å². The van der Waals surface area contributed by atoms with Gasteiger partial charge in [-0.15, -0.1) is 0 Å². The zero-order valence-electron chi connectivity index (χ0n) is 22.2. The maximum Gasteiger partial charge on any atom is 0.198 e. The lowest BCUT2D eigenvalue weighted by atomic mass is 9.87. The van der Waals surface area contributed by atoms with Crippen molar-refractivity contribution in [3.05, 3.63) is 53.9 Å². The minimum atomic E-state index is -0.474. The number of anilines is 1. The molecule has 0 saturated carbocycles. The van der Waals surface area contributed by atoms with Crippen LogP contribution < -0.4 is 22.1 Å². The Kier molecular flexibility index (Phi) is 7.56. The Morgan fingerprint density at radius 3 is 2.83 bits per heavy atom. The third-order valence-corrected chi connectivity index (χ3v) is 7.32. The number of Topliss-reactive ketones (excluding diaryl/α,β-unsaturated/α-hetero) is 2. The molecule has 13 nitrogen and oxygen atoms in total. The Labute approximate surface area is 230 Å². The van der Waals surface area contributed by atoms with Gasteiger partial charge in [-0.3, -0.25) is 20.0 Å². The number of aromatic nitrogens is 4. The summed E-state index contributed by atoms with van der Waals surface area (Å²) in [7, 11) is 0. The maximum absolute atomic E-state index is 13.0. The Hall–Kier alpha value is -4.65. The van der Waals surface area contributed by atoms with Gasteiger partial charge in [0.25, 0.3) is 0 Å². The predicted molar refractivity (Wildman–Crippen MR) is 150 cm³/mol. The van der Waals surface area contributed by atoms with Crippen LogP contribution in [0.15, 0.2) is 42.0 Å². The molecule has 13 heteroatoms. The van der Waals surface area contributed by atoms with E-state index in [9.17, 15) is 9.59 Å². The molecule has 0 amide bonds. The van der Waals surface area contributed by atoms with Crippen LogP contribution in [0.4, 0.5) is 5.82 Å². The van der Waals surface area contributed by atoms with Crippen molar-refractivity contribution in [2.45, 2.75) is 50.6 Å². The predicted octanol–water partition coefficient (Wildman–Crippen LogP) is 1.86. The lowest BCUT2D eigenvalue weighted by molar-refractivity contribution is -0.113. The highest BCUT2D eigenvalue weighted by Crippen LogP contribution is 2.35. The summed E-state index contributed by atoms with van der Waals surface area (Å²) in [6.45, 7) is 6.52. The topological polar surface area (TPSA) is 199 Å². The molecule has 0 bridgehead atoms. The average Bonchev–Trinajstić information content (AvgIpc) is 3.69. The van der Waals surface area contributed by atoms with E-state index in [4.69, 9.17) is 26.6 Å². The van der Waals surface area contributed by atoms with Gasteiger partial charge in [0.2, 0.25) is 0 Å². The van der Waals surface area contributed by atoms with Crippen LogP contribution in [0.1, 0.15) is 66.3 Å². The highest BCUT2D eigenvalue weighted by atomic mass is 16.5. The van der Waals surface area contributed by atoms with E-state index >= 15 is 0 Å². The summed E-state index contributed by atoms with van der Waals surface area (Å²) in [5, 5.41) is 18.2. The van der Waals surface area contributed by atoms with Crippen LogP contribution >= 0.6 is 0 Å². The zero-order chi connectivity index (χ0) is 28.4. The summed E-state index contributed by atoms with van der Waals surface area (Å²) in [6.07, 6.45) is 6.56. The van der Waals surface area contributed by atoms with Crippen molar-refractivity contribution in [2.75, 3.05) is 18.9 Å². The molecular formula is C27H32N10O3. The lowest BCUT2D eigenvalue weighted by Crippen LogP contribution is -2.30. The normalized spacial score (nSPS) is 19.8. The number of nitrogens with two attached hydrogens (primary N) is 2. The first-order chi connectivity index (χ1) is 19.3. The van der Waals surface area contributed by atoms with Gasteiger partial charge in [0.1, 0.15) is 24.8 Å². The van der Waals surface area contributed by atoms with Crippen molar-refractivity contribution >= 4 is 35.2 Å². The third-order valence-electron chi connectivity index (χ3n) is 7.32. The second-order valence-electron chi connectivity index (χ2n) is 10.0. The molecule has 2 fully saturated rings. The first-order valence-corrected chi connectivity index (χ1v) is 13.1. The molecule has 2 aliphatic heterocycles. The van der Waals surface area contributed by atoms with E-state index in [1.807, 2.05) is 12.1 Å². The molecule has 7 N–H and O–H groups in total. The van der Waals surface area contributed by atoms with Crippen molar-refractivity contribution < 1.29 is 14.3 Å². The zero-order valence-corrected chi connectivity index (χ0v) is 22.2. The number of ketones is 2. The fourth-order valence-corrected chi connectivity index (χ4v) is 5.35. The monoisotopic (exact) mass is 544 g/mol. The molecular weight excluding hydrogens is 512 g/mol. The fraction of sp³-hybridized carbons (Fsp3) is 0.370. The molecule has 0 spiro atoms. The number of ether oxygens (including phenoxy) is 1. The molecule has 0 aliphatic carbocycles. The summed E-state index contributed by atoms with van der Waals surface area (Å²) in [5.41, 5.74) is 15.7. The third kappa shape index (κ3) is 5.27. The average molecular weight is 545 g/mol. The number of amidine groups is 1. The number of carbonyl (C=O) groups is 2. The Morgan fingerprint density at radius 1 is 1.38 bits per heavy atom. The molecule has 40 heavy (non-hydrogen) atoms. The van der Waals surface area contributed by atoms with Crippen molar-refractivity contribution in [2.24, 2.45) is 10.7 Å². The van der Waals surface area contributed by atoms with E-state index in [2.05, 4.69) is 32.3 Å². The molecule has 0 radical (unpaired) electrons. The van der Waals surface area contributed by atoms with Crippen LogP contribution in [-0.4, -0.2) is 62.5 Å². The second kappa shape index (κ2) is 11.2. The Morgan fingerprint density at radius 2 is 2.20 bits per heavy atom. The van der Waals surface area contributed by atoms with Gasteiger partial charge in [0.15, 0.2) is 28.9 Å². The summed E-state index contributed by atoms with van der Waals surface area (Å²) in [6, 6.07) is 3.86. The number of pyridine rings is 1. The standard InChI is InChI=1S/C27H32N10O3/c1-14(38)23-24(17(8-18-4-3-7-31-18)9-22(39)25(29)33-13-28)36-27-19(11-34-37(27)26(23)30)16-5-6-20(32-10-16)21-12-40-15(2)35-21/h5-6,10-11,13,17-18,21,31,35H,2-4,7-9,12,30H2,1H3,(H3,28,29,33). The largest absolute Gasteiger partial charge is 0.477 e. The smallest absolute Gasteiger partial charge is 0.198 e. The van der Waals surface area contributed by atoms with Gasteiger partial charge >= 0.3 is 0 Å². The molecule has 5 heterocycles. The van der Waals surface area contributed by atoms with Crippen LogP contribution in [0, 0.1) is 5.41 Å². The molecule has 3 atom stereocenters. The molecule has 5 rings (SSSR count). The fourth-order valence-electron chi connectivity index (χ4n) is 5.35. The number of fused-ring (bicyclic) bond motifs is 1. The summed E-state index contributed by atoms with van der Waals surface area (Å²) < 4.78 is 6.84. The Bertz CT molecular complexity index is 1500. The Balaban J connectivity index is 1.58. The first kappa shape index (κ1) is 26.9. The van der Waals surface area contributed by atoms with Crippen LogP contribution in [0.2, 0.25) is 0 Å². The SMILES string of the molecule is C=C1NC(c2ccc(-c3cnn4c(N)c(C(C)=O)c(C(CC(=O)C(N)=NC=N)CC5CCCN5)nc34)cn2)CO1. The molecule has 0 aromatic carbocycles. The van der Waals surface area contributed by atoms with Crippen LogP contribution in [0.5, 0.6) is 0 Å². The van der Waals surface area contributed by atoms with Gasteiger partial charge < -0.3 is 26.8 Å². The van der Waals surface area contributed by atoms with E-state index in [0.29, 0.717) is 35.8 Å². The van der Waals surface area contributed by atoms with E-state index < -0.39 is 11.7 Å². The van der Waals surface area contributed by atoms with Gasteiger partial charge in [-0.25, -0.2) is 9.98 Å². The van der Waals surface area contributed by atoms with Gasteiger partial charge in [-0.2, -0.15) is 9.61 Å². The molecule has 3 aromatic rings. The summed E-state index contributed by atoms with van der Waals surface area (Å²) in [4.78, 5) is 39.0. The second-order valence-corrected chi connectivity index (χ2v) is 10.0. The van der Waals surface area contributed by atoms with Gasteiger partial charge in [0, 0.05) is 35.7 Å². The van der Waals surface area contributed by atoms with Gasteiger partial charge in [-0.05, 0) is 45.4 Å². The first-order valence-electron chi connectivity index (χ1n) is 13.1. The highest BCUT2D eigenvalue weighted by molar-refractivity contribution is 6.39. The summed E-state index contributed by atoms with van der Waals surface area (Å²) >= 11 is 0. The summed E-state index contributed by atoms with van der Waals surface area (Å²) in [5.74, 6) is -0.790. The van der Waals surface area contributed by atoms with E-state index in [-0.39, 0.29) is 41.5 Å². The highest BCUT2D eigenvalue weighted by Gasteiger charge is 2.31. The molecule has 3 unspecified atom stereocenters. The van der Waals surface area contributed by atoms with Crippen molar-refractivity contribution in [1.82, 2.24) is 30.2 Å². The minimum absolute atomic E-state index is 0.0360. The van der Waals surface area contributed by atoms with Gasteiger partial charge in [0.05, 0.1) is 23.1 Å². The quantitative estimate of drug-likeness (QED) is 0.143. The van der Waals surface area contributed by atoms with Gasteiger partial charge in [-0.1, -0.05) is 6.07 Å². The number of hydrogen-bond donors (Lipinski definition) is 5. The van der Waals surface area contributed by atoms with Crippen LogP contribution in [0.3, 0.4) is 0 Å². The lowest BCUT2D eigenvalue weighted by Gasteiger charge is -2.23. The van der Waals surface area contributed by atoms with Crippen molar-refractivity contribution in [1.29, 1.82) is 5.41 Å². The van der Waals surface area contributed by atoms with Crippen molar-refractivity contribution in [3.8, 4) is 11.1 Å². The molecule has 3 aromatic heterocycles. The number of carbonyl (C=O) groups excluding carboxylic acids is 2. The number of hydrogen-bond acceptors (Lipinski definition) is 10. The number of nitrogens with zero attached hydrogens (tertiary/aromatic N) is 5. The molecule has 2 saturated heterocycles. The minimum Gasteiger partial charge on any atom is -0.477 e. The molecule has 208 valence electrons. The van der Waals surface area contributed by atoms with E-state index in [1.54, 1.807) is 12.4 Å². The molecule has 2 aliphatic rings. The van der Waals surface area contributed by atoms with Crippen LogP contribution in [0.25, 0.3) is 16.8 Å². The van der Waals surface area contributed by atoms with Crippen molar-refractivity contribution in [3.63, 3.8) is 0 Å². The number of nitrogens with one attached hydrogen (secondary N) is 3. The maximum atomic E-state index is 13.0. The van der Waals surface area contributed by atoms with E-state index in [0.717, 1.165) is 37.0 Å². The number of aliphatic imine (C=N–C) groups is 1. The number of nitrogen functional groups attached to an aromatic ring is 1. The number of rotatable bonds is 10.